The molecule has 1 saturated carbocycles. The summed E-state index contributed by atoms with van der Waals surface area (Å²) in [4.78, 5) is 0. The van der Waals surface area contributed by atoms with Crippen molar-refractivity contribution in [1.29, 1.82) is 0 Å². The maximum Gasteiger partial charge on any atom is 0.164 e. The highest BCUT2D eigenvalue weighted by atomic mass is 15.3. The van der Waals surface area contributed by atoms with E-state index < -0.39 is 0 Å². The Labute approximate surface area is 94.5 Å². The molecule has 2 N–H and O–H groups in total. The topological polar surface area (TPSA) is 56.2 Å². The lowest BCUT2D eigenvalue weighted by molar-refractivity contribution is 0.737. The van der Waals surface area contributed by atoms with E-state index in [4.69, 9.17) is 5.73 Å². The standard InChI is InChI=1S/C12H16N4/c1-8(13)7-10-3-2-6-16-11(9-4-5-9)14-15-12(10)16/h2-3,6,8-9H,4-5,7,13H2,1H3. The number of rotatable bonds is 3. The van der Waals surface area contributed by atoms with Crippen molar-refractivity contribution in [2.24, 2.45) is 5.73 Å². The molecule has 2 heterocycles. The minimum absolute atomic E-state index is 0.160. The second-order valence-electron chi connectivity index (χ2n) is 4.74. The molecular weight excluding hydrogens is 200 g/mol. The first kappa shape index (κ1) is 9.78. The molecule has 0 saturated heterocycles. The zero-order valence-electron chi connectivity index (χ0n) is 9.43. The molecular formula is C12H16N4. The molecule has 1 aliphatic carbocycles. The van der Waals surface area contributed by atoms with Crippen LogP contribution in [0.3, 0.4) is 0 Å². The van der Waals surface area contributed by atoms with E-state index in [0.717, 1.165) is 17.9 Å². The van der Waals surface area contributed by atoms with E-state index in [0.29, 0.717) is 5.92 Å². The number of fused-ring (bicyclic) bond motifs is 1. The molecule has 0 bridgehead atoms. The summed E-state index contributed by atoms with van der Waals surface area (Å²) in [6.07, 6.45) is 5.40. The van der Waals surface area contributed by atoms with Crippen LogP contribution in [0.5, 0.6) is 0 Å². The van der Waals surface area contributed by atoms with Gasteiger partial charge < -0.3 is 5.73 Å². The summed E-state index contributed by atoms with van der Waals surface area (Å²) in [5, 5.41) is 8.59. The first-order chi connectivity index (χ1) is 7.75. The van der Waals surface area contributed by atoms with E-state index in [9.17, 15) is 0 Å². The summed E-state index contributed by atoms with van der Waals surface area (Å²) in [5.41, 5.74) is 8.00. The van der Waals surface area contributed by atoms with Gasteiger partial charge in [0.1, 0.15) is 5.82 Å². The van der Waals surface area contributed by atoms with Crippen LogP contribution >= 0.6 is 0 Å². The normalized spacial score (nSPS) is 17.9. The quantitative estimate of drug-likeness (QED) is 0.845. The highest BCUT2D eigenvalue weighted by molar-refractivity contribution is 5.48. The summed E-state index contributed by atoms with van der Waals surface area (Å²) in [6.45, 7) is 2.02. The Hall–Kier alpha value is -1.42. The van der Waals surface area contributed by atoms with Gasteiger partial charge in [0.05, 0.1) is 0 Å². The Balaban J connectivity index is 2.09. The summed E-state index contributed by atoms with van der Waals surface area (Å²) in [7, 11) is 0. The van der Waals surface area contributed by atoms with Crippen molar-refractivity contribution >= 4 is 5.65 Å². The molecule has 1 atom stereocenters. The van der Waals surface area contributed by atoms with Crippen LogP contribution in [0.2, 0.25) is 0 Å². The number of nitrogens with two attached hydrogens (primary N) is 1. The Morgan fingerprint density at radius 3 is 3.00 bits per heavy atom. The Bertz CT molecular complexity index is 511. The van der Waals surface area contributed by atoms with E-state index in [-0.39, 0.29) is 6.04 Å². The molecule has 16 heavy (non-hydrogen) atoms. The molecule has 0 aromatic carbocycles. The number of hydrogen-bond acceptors (Lipinski definition) is 3. The van der Waals surface area contributed by atoms with Crippen LogP contribution < -0.4 is 5.73 Å². The molecule has 3 rings (SSSR count). The van der Waals surface area contributed by atoms with Crippen molar-refractivity contribution in [2.75, 3.05) is 0 Å². The van der Waals surface area contributed by atoms with Crippen molar-refractivity contribution < 1.29 is 0 Å². The molecule has 0 aliphatic heterocycles. The Kier molecular flexibility index (Phi) is 2.17. The van der Waals surface area contributed by atoms with Gasteiger partial charge in [0.15, 0.2) is 5.65 Å². The van der Waals surface area contributed by atoms with Crippen molar-refractivity contribution in [3.63, 3.8) is 0 Å². The van der Waals surface area contributed by atoms with E-state index in [1.54, 1.807) is 0 Å². The molecule has 84 valence electrons. The maximum absolute atomic E-state index is 5.84. The lowest BCUT2D eigenvalue weighted by Gasteiger charge is -2.06. The van der Waals surface area contributed by atoms with Crippen LogP contribution in [0.1, 0.15) is 37.1 Å². The number of pyridine rings is 1. The first-order valence-corrected chi connectivity index (χ1v) is 5.84. The SMILES string of the molecule is CC(N)Cc1cccn2c(C3CC3)nnc12. The van der Waals surface area contributed by atoms with Crippen LogP contribution in [0.4, 0.5) is 0 Å². The van der Waals surface area contributed by atoms with Crippen LogP contribution in [0.25, 0.3) is 5.65 Å². The first-order valence-electron chi connectivity index (χ1n) is 5.84. The molecule has 0 spiro atoms. The fourth-order valence-corrected chi connectivity index (χ4v) is 2.12. The monoisotopic (exact) mass is 216 g/mol. The van der Waals surface area contributed by atoms with Crippen LogP contribution in [-0.2, 0) is 6.42 Å². The second-order valence-corrected chi connectivity index (χ2v) is 4.74. The van der Waals surface area contributed by atoms with Gasteiger partial charge in [-0.15, -0.1) is 10.2 Å². The summed E-state index contributed by atoms with van der Waals surface area (Å²) >= 11 is 0. The van der Waals surface area contributed by atoms with Gasteiger partial charge in [-0.1, -0.05) is 6.07 Å². The van der Waals surface area contributed by atoms with Gasteiger partial charge in [-0.2, -0.15) is 0 Å². The summed E-state index contributed by atoms with van der Waals surface area (Å²) in [5.74, 6) is 1.74. The van der Waals surface area contributed by atoms with Gasteiger partial charge in [-0.25, -0.2) is 0 Å². The van der Waals surface area contributed by atoms with Crippen LogP contribution in [-0.4, -0.2) is 20.6 Å². The zero-order chi connectivity index (χ0) is 11.1. The van der Waals surface area contributed by atoms with E-state index >= 15 is 0 Å². The summed E-state index contributed by atoms with van der Waals surface area (Å²) < 4.78 is 2.12. The van der Waals surface area contributed by atoms with E-state index in [1.165, 1.54) is 18.4 Å². The third-order valence-corrected chi connectivity index (χ3v) is 3.03. The zero-order valence-corrected chi connectivity index (χ0v) is 9.43. The molecule has 0 amide bonds. The number of hydrogen-bond donors (Lipinski definition) is 1. The van der Waals surface area contributed by atoms with Crippen molar-refractivity contribution in [3.8, 4) is 0 Å². The third-order valence-electron chi connectivity index (χ3n) is 3.03. The highest BCUT2D eigenvalue weighted by Crippen LogP contribution is 2.39. The van der Waals surface area contributed by atoms with Gasteiger partial charge >= 0.3 is 0 Å². The molecule has 1 fully saturated rings. The van der Waals surface area contributed by atoms with Crippen molar-refractivity contribution in [2.45, 2.75) is 38.1 Å². The Morgan fingerprint density at radius 1 is 1.50 bits per heavy atom. The second kappa shape index (κ2) is 3.56. The third kappa shape index (κ3) is 1.59. The largest absolute Gasteiger partial charge is 0.328 e. The van der Waals surface area contributed by atoms with Gasteiger partial charge in [-0.3, -0.25) is 4.40 Å². The van der Waals surface area contributed by atoms with Gasteiger partial charge in [0.25, 0.3) is 0 Å². The van der Waals surface area contributed by atoms with Crippen molar-refractivity contribution in [1.82, 2.24) is 14.6 Å². The average Bonchev–Trinajstić information content (AvgIpc) is 2.98. The van der Waals surface area contributed by atoms with Gasteiger partial charge in [0, 0.05) is 18.2 Å². The lowest BCUT2D eigenvalue weighted by atomic mass is 10.1. The predicted molar refractivity (Wildman–Crippen MR) is 62.3 cm³/mol. The van der Waals surface area contributed by atoms with Crippen LogP contribution in [0, 0.1) is 0 Å². The smallest absolute Gasteiger partial charge is 0.164 e. The minimum Gasteiger partial charge on any atom is -0.328 e. The minimum atomic E-state index is 0.160. The summed E-state index contributed by atoms with van der Waals surface area (Å²) in [6, 6.07) is 4.30. The fourth-order valence-electron chi connectivity index (χ4n) is 2.12. The molecule has 4 nitrogen and oxygen atoms in total. The van der Waals surface area contributed by atoms with E-state index in [2.05, 4.69) is 26.7 Å². The highest BCUT2D eigenvalue weighted by Gasteiger charge is 2.28. The maximum atomic E-state index is 5.84. The lowest BCUT2D eigenvalue weighted by Crippen LogP contribution is -2.18. The molecule has 1 unspecified atom stereocenters. The van der Waals surface area contributed by atoms with Gasteiger partial charge in [-0.05, 0) is 37.8 Å². The molecule has 4 heteroatoms. The predicted octanol–water partition coefficient (Wildman–Crippen LogP) is 1.50. The number of nitrogens with zero attached hydrogens (tertiary/aromatic N) is 3. The molecule has 0 radical (unpaired) electrons. The van der Waals surface area contributed by atoms with Crippen molar-refractivity contribution in [3.05, 3.63) is 29.7 Å². The van der Waals surface area contributed by atoms with E-state index in [1.807, 2.05) is 13.1 Å². The average molecular weight is 216 g/mol. The number of aromatic nitrogens is 3. The molecule has 2 aromatic heterocycles. The Morgan fingerprint density at radius 2 is 2.31 bits per heavy atom. The van der Waals surface area contributed by atoms with Crippen LogP contribution in [0.15, 0.2) is 18.3 Å². The fraction of sp³-hybridized carbons (Fsp3) is 0.500. The molecule has 1 aliphatic rings. The van der Waals surface area contributed by atoms with Gasteiger partial charge in [0.2, 0.25) is 0 Å². The molecule has 2 aromatic rings.